The fourth-order valence-electron chi connectivity index (χ4n) is 2.59. The second-order valence-corrected chi connectivity index (χ2v) is 5.96. The number of carbonyl (C=O) groups is 1. The van der Waals surface area contributed by atoms with E-state index in [2.05, 4.69) is 20.8 Å². The van der Waals surface area contributed by atoms with Crippen LogP contribution in [-0.4, -0.2) is 17.6 Å². The summed E-state index contributed by atoms with van der Waals surface area (Å²) in [5.74, 6) is 0.804. The molecule has 1 aromatic carbocycles. The Morgan fingerprint density at radius 3 is 2.65 bits per heavy atom. The maximum atomic E-state index is 11.2. The first-order valence-electron chi connectivity index (χ1n) is 8.22. The molecule has 0 amide bonds. The molecule has 0 atom stereocenters. The van der Waals surface area contributed by atoms with Crippen LogP contribution >= 0.6 is 0 Å². The zero-order valence-electron chi connectivity index (χ0n) is 14.4. The summed E-state index contributed by atoms with van der Waals surface area (Å²) < 4.78 is 11.3. The fraction of sp³-hybridized carbons (Fsp3) is 0.474. The van der Waals surface area contributed by atoms with Gasteiger partial charge in [-0.2, -0.15) is 0 Å². The minimum absolute atomic E-state index is 0.178. The van der Waals surface area contributed by atoms with Crippen molar-refractivity contribution in [3.63, 3.8) is 0 Å². The number of nitrogens with zero attached hydrogens (tertiary/aromatic N) is 1. The predicted molar refractivity (Wildman–Crippen MR) is 91.7 cm³/mol. The Balaban J connectivity index is 2.54. The summed E-state index contributed by atoms with van der Waals surface area (Å²) in [7, 11) is 0. The smallest absolute Gasteiger partial charge is 0.303 e. The molecule has 0 radical (unpaired) electrons. The molecule has 1 aromatic heterocycles. The van der Waals surface area contributed by atoms with E-state index < -0.39 is 0 Å². The Kier molecular flexibility index (Phi) is 5.97. The van der Waals surface area contributed by atoms with Crippen molar-refractivity contribution in [3.05, 3.63) is 35.5 Å². The summed E-state index contributed by atoms with van der Waals surface area (Å²) in [6, 6.07) is 7.94. The van der Waals surface area contributed by atoms with Gasteiger partial charge in [-0.15, -0.1) is 0 Å². The van der Waals surface area contributed by atoms with Crippen molar-refractivity contribution in [2.75, 3.05) is 6.61 Å². The number of fused-ring (bicyclic) bond motifs is 1. The lowest BCUT2D eigenvalue weighted by Gasteiger charge is -2.20. The number of para-hydroxylation sites is 1. The molecule has 0 spiro atoms. The highest BCUT2D eigenvalue weighted by Gasteiger charge is 2.19. The summed E-state index contributed by atoms with van der Waals surface area (Å²) >= 11 is 0. The van der Waals surface area contributed by atoms with Crippen LogP contribution in [0.4, 0.5) is 0 Å². The van der Waals surface area contributed by atoms with E-state index in [4.69, 9.17) is 14.5 Å². The number of benzene rings is 1. The first kappa shape index (κ1) is 17.3. The van der Waals surface area contributed by atoms with Crippen molar-refractivity contribution in [1.82, 2.24) is 4.98 Å². The van der Waals surface area contributed by atoms with Crippen LogP contribution in [0, 0.1) is 0 Å². The van der Waals surface area contributed by atoms with E-state index in [1.54, 1.807) is 0 Å². The number of esters is 1. The van der Waals surface area contributed by atoms with Crippen LogP contribution in [0.3, 0.4) is 0 Å². The third kappa shape index (κ3) is 4.21. The molecular weight excluding hydrogens is 290 g/mol. The molecule has 0 saturated heterocycles. The Hall–Kier alpha value is -2.10. The third-order valence-electron chi connectivity index (χ3n) is 3.69. The van der Waals surface area contributed by atoms with Gasteiger partial charge in [0.15, 0.2) is 0 Å². The summed E-state index contributed by atoms with van der Waals surface area (Å²) in [6.07, 6.45) is 2.09. The molecule has 2 rings (SSSR count). The van der Waals surface area contributed by atoms with Gasteiger partial charge in [-0.1, -0.05) is 39.3 Å². The van der Waals surface area contributed by atoms with Crippen LogP contribution in [0.25, 0.3) is 10.9 Å². The molecule has 4 heteroatoms. The average Bonchev–Trinajstić information content (AvgIpc) is 2.52. The maximum Gasteiger partial charge on any atom is 0.303 e. The van der Waals surface area contributed by atoms with Crippen molar-refractivity contribution < 1.29 is 14.3 Å². The molecule has 0 aliphatic rings. The van der Waals surface area contributed by atoms with Gasteiger partial charge in [-0.05, 0) is 24.5 Å². The molecule has 1 heterocycles. The molecule has 0 unspecified atom stereocenters. The van der Waals surface area contributed by atoms with E-state index in [1.165, 1.54) is 6.92 Å². The lowest BCUT2D eigenvalue weighted by atomic mass is 9.97. The fourth-order valence-corrected chi connectivity index (χ4v) is 2.59. The molecule has 0 N–H and O–H groups in total. The van der Waals surface area contributed by atoms with Gasteiger partial charge in [-0.3, -0.25) is 4.79 Å². The Morgan fingerprint density at radius 1 is 1.26 bits per heavy atom. The lowest BCUT2D eigenvalue weighted by Crippen LogP contribution is -2.10. The van der Waals surface area contributed by atoms with Crippen molar-refractivity contribution in [1.29, 1.82) is 0 Å². The highest BCUT2D eigenvalue weighted by Crippen LogP contribution is 2.36. The highest BCUT2D eigenvalue weighted by molar-refractivity contribution is 5.87. The number of ether oxygens (including phenoxy) is 2. The molecule has 0 aliphatic heterocycles. The van der Waals surface area contributed by atoms with Gasteiger partial charge in [0.2, 0.25) is 0 Å². The van der Waals surface area contributed by atoms with Crippen molar-refractivity contribution in [3.8, 4) is 5.75 Å². The third-order valence-corrected chi connectivity index (χ3v) is 3.69. The number of hydrogen-bond donors (Lipinski definition) is 0. The summed E-state index contributed by atoms with van der Waals surface area (Å²) in [4.78, 5) is 15.9. The molecule has 0 saturated carbocycles. The first-order chi connectivity index (χ1) is 11.0. The molecule has 0 aliphatic carbocycles. The molecule has 0 bridgehead atoms. The van der Waals surface area contributed by atoms with Crippen LogP contribution in [0.15, 0.2) is 24.3 Å². The quantitative estimate of drug-likeness (QED) is 0.553. The second kappa shape index (κ2) is 7.95. The van der Waals surface area contributed by atoms with Crippen molar-refractivity contribution >= 4 is 16.9 Å². The SMILES string of the molecule is CCCCOc1c(C(C)C)c(COC(C)=O)nc2ccccc12. The number of unbranched alkanes of at least 4 members (excludes halogenated alkanes) is 1. The number of carbonyl (C=O) groups excluding carboxylic acids is 1. The Labute approximate surface area is 137 Å². The zero-order chi connectivity index (χ0) is 16.8. The van der Waals surface area contributed by atoms with Crippen molar-refractivity contribution in [2.45, 2.75) is 53.1 Å². The van der Waals surface area contributed by atoms with Gasteiger partial charge in [0.1, 0.15) is 12.4 Å². The number of pyridine rings is 1. The second-order valence-electron chi connectivity index (χ2n) is 5.96. The average molecular weight is 315 g/mol. The van der Waals surface area contributed by atoms with Crippen LogP contribution < -0.4 is 4.74 Å². The molecule has 124 valence electrons. The van der Waals surface area contributed by atoms with E-state index in [1.807, 2.05) is 24.3 Å². The molecule has 0 fully saturated rings. The Morgan fingerprint density at radius 2 is 2.00 bits per heavy atom. The van der Waals surface area contributed by atoms with Gasteiger partial charge < -0.3 is 9.47 Å². The molecule has 2 aromatic rings. The zero-order valence-corrected chi connectivity index (χ0v) is 14.4. The monoisotopic (exact) mass is 315 g/mol. The largest absolute Gasteiger partial charge is 0.493 e. The van der Waals surface area contributed by atoms with E-state index in [0.29, 0.717) is 6.61 Å². The molecule has 23 heavy (non-hydrogen) atoms. The minimum atomic E-state index is -0.303. The minimum Gasteiger partial charge on any atom is -0.493 e. The van der Waals surface area contributed by atoms with Crippen LogP contribution in [0.1, 0.15) is 57.7 Å². The molecule has 4 nitrogen and oxygen atoms in total. The van der Waals surface area contributed by atoms with Crippen LogP contribution in [0.2, 0.25) is 0 Å². The van der Waals surface area contributed by atoms with Crippen LogP contribution in [-0.2, 0) is 16.1 Å². The van der Waals surface area contributed by atoms with Gasteiger partial charge in [-0.25, -0.2) is 4.98 Å². The summed E-state index contributed by atoms with van der Waals surface area (Å²) in [5.41, 5.74) is 2.67. The summed E-state index contributed by atoms with van der Waals surface area (Å²) in [6.45, 7) is 8.62. The number of hydrogen-bond acceptors (Lipinski definition) is 4. The highest BCUT2D eigenvalue weighted by atomic mass is 16.5. The normalized spacial score (nSPS) is 11.0. The summed E-state index contributed by atoms with van der Waals surface area (Å²) in [5, 5.41) is 1.01. The van der Waals surface area contributed by atoms with E-state index >= 15 is 0 Å². The van der Waals surface area contributed by atoms with Gasteiger partial charge in [0.25, 0.3) is 0 Å². The maximum absolute atomic E-state index is 11.2. The standard InChI is InChI=1S/C19H25NO3/c1-5-6-11-22-19-15-9-7-8-10-16(15)20-17(12-23-14(4)21)18(19)13(2)3/h7-10,13H,5-6,11-12H2,1-4H3. The van der Waals surface area contributed by atoms with Gasteiger partial charge in [0.05, 0.1) is 17.8 Å². The van der Waals surface area contributed by atoms with Gasteiger partial charge in [0, 0.05) is 17.9 Å². The topological polar surface area (TPSA) is 48.4 Å². The van der Waals surface area contributed by atoms with Crippen molar-refractivity contribution in [2.24, 2.45) is 0 Å². The van der Waals surface area contributed by atoms with E-state index in [-0.39, 0.29) is 18.5 Å². The number of aromatic nitrogens is 1. The predicted octanol–water partition coefficient (Wildman–Crippen LogP) is 4.60. The lowest BCUT2D eigenvalue weighted by molar-refractivity contribution is -0.142. The van der Waals surface area contributed by atoms with Gasteiger partial charge >= 0.3 is 5.97 Å². The Bertz CT molecular complexity index is 680. The van der Waals surface area contributed by atoms with E-state index in [9.17, 15) is 4.79 Å². The number of rotatable bonds is 7. The van der Waals surface area contributed by atoms with Crippen LogP contribution in [0.5, 0.6) is 5.75 Å². The molecular formula is C19H25NO3. The first-order valence-corrected chi connectivity index (χ1v) is 8.22. The van der Waals surface area contributed by atoms with E-state index in [0.717, 1.165) is 40.8 Å².